The van der Waals surface area contributed by atoms with Gasteiger partial charge in [-0.25, -0.2) is 9.37 Å². The van der Waals surface area contributed by atoms with E-state index >= 15 is 0 Å². The van der Waals surface area contributed by atoms with Crippen LogP contribution in [0.4, 0.5) is 10.3 Å². The Hall–Kier alpha value is -1.10. The molecule has 0 aliphatic heterocycles. The fourth-order valence-corrected chi connectivity index (χ4v) is 1.36. The van der Waals surface area contributed by atoms with Crippen LogP contribution in [-0.2, 0) is 0 Å². The zero-order valence-electron chi connectivity index (χ0n) is 5.94. The first-order valence-electron chi connectivity index (χ1n) is 3.27. The van der Waals surface area contributed by atoms with Gasteiger partial charge in [-0.15, -0.1) is 0 Å². The number of nitrogens with one attached hydrogen (secondary N) is 1. The number of fused-ring (bicyclic) bond motifs is 1. The second-order valence-electron chi connectivity index (χ2n) is 2.41. The van der Waals surface area contributed by atoms with E-state index in [-0.39, 0.29) is 5.82 Å². The first-order chi connectivity index (χ1) is 5.66. The largest absolute Gasteiger partial charge is 0.369 e. The van der Waals surface area contributed by atoms with Crippen molar-refractivity contribution >= 4 is 32.9 Å². The lowest BCUT2D eigenvalue weighted by molar-refractivity contribution is 0.623. The van der Waals surface area contributed by atoms with Crippen molar-refractivity contribution in [3.63, 3.8) is 0 Å². The van der Waals surface area contributed by atoms with Crippen LogP contribution in [0.2, 0.25) is 0 Å². The molecule has 62 valence electrons. The Balaban J connectivity index is 2.83. The highest BCUT2D eigenvalue weighted by molar-refractivity contribution is 9.10. The quantitative estimate of drug-likeness (QED) is 0.727. The summed E-state index contributed by atoms with van der Waals surface area (Å²) in [6.07, 6.45) is 0. The minimum Gasteiger partial charge on any atom is -0.369 e. The third-order valence-electron chi connectivity index (χ3n) is 1.54. The Morgan fingerprint density at radius 3 is 3.00 bits per heavy atom. The van der Waals surface area contributed by atoms with Crippen LogP contribution in [-0.4, -0.2) is 9.97 Å². The maximum Gasteiger partial charge on any atom is 0.198 e. The van der Waals surface area contributed by atoms with Gasteiger partial charge in [-0.05, 0) is 22.0 Å². The number of aromatic nitrogens is 2. The molecule has 3 nitrogen and oxygen atoms in total. The Bertz CT molecular complexity index is 398. The maximum atomic E-state index is 12.9. The predicted octanol–water partition coefficient (Wildman–Crippen LogP) is 2.05. The van der Waals surface area contributed by atoms with Crippen molar-refractivity contribution in [3.8, 4) is 0 Å². The number of halogens is 2. The molecule has 0 atom stereocenters. The number of nitrogens with two attached hydrogens (primary N) is 1. The van der Waals surface area contributed by atoms with Crippen LogP contribution in [0.3, 0.4) is 0 Å². The molecule has 1 heterocycles. The van der Waals surface area contributed by atoms with E-state index in [1.165, 1.54) is 6.07 Å². The molecule has 5 heteroatoms. The third-order valence-corrected chi connectivity index (χ3v) is 2.15. The van der Waals surface area contributed by atoms with E-state index in [1.807, 2.05) is 0 Å². The number of imidazole rings is 1. The summed E-state index contributed by atoms with van der Waals surface area (Å²) in [5.41, 5.74) is 6.64. The number of hydrogen-bond donors (Lipinski definition) is 2. The molecule has 1 aromatic carbocycles. The normalized spacial score (nSPS) is 10.8. The minimum atomic E-state index is -0.328. The highest BCUT2D eigenvalue weighted by atomic mass is 79.9. The second-order valence-corrected chi connectivity index (χ2v) is 3.26. The lowest BCUT2D eigenvalue weighted by atomic mass is 10.3. The number of anilines is 1. The Morgan fingerprint density at radius 1 is 1.50 bits per heavy atom. The van der Waals surface area contributed by atoms with Gasteiger partial charge in [0.1, 0.15) is 5.82 Å². The van der Waals surface area contributed by atoms with Gasteiger partial charge in [-0.2, -0.15) is 0 Å². The van der Waals surface area contributed by atoms with Crippen molar-refractivity contribution < 1.29 is 4.39 Å². The van der Waals surface area contributed by atoms with Crippen molar-refractivity contribution in [1.82, 2.24) is 9.97 Å². The van der Waals surface area contributed by atoms with Crippen molar-refractivity contribution in [2.24, 2.45) is 0 Å². The number of H-pyrrole nitrogens is 1. The summed E-state index contributed by atoms with van der Waals surface area (Å²) in [6, 6.07) is 2.93. The van der Waals surface area contributed by atoms with Crippen molar-refractivity contribution in [2.45, 2.75) is 0 Å². The van der Waals surface area contributed by atoms with Gasteiger partial charge in [-0.3, -0.25) is 0 Å². The molecule has 2 aromatic rings. The number of benzene rings is 1. The summed E-state index contributed by atoms with van der Waals surface area (Å²) in [7, 11) is 0. The van der Waals surface area contributed by atoms with E-state index < -0.39 is 0 Å². The van der Waals surface area contributed by atoms with Crippen LogP contribution in [0.25, 0.3) is 11.0 Å². The van der Waals surface area contributed by atoms with Gasteiger partial charge in [0.25, 0.3) is 0 Å². The predicted molar refractivity (Wildman–Crippen MR) is 48.2 cm³/mol. The summed E-state index contributed by atoms with van der Waals surface area (Å²) >= 11 is 3.06. The van der Waals surface area contributed by atoms with Gasteiger partial charge in [0.2, 0.25) is 0 Å². The van der Waals surface area contributed by atoms with Crippen molar-refractivity contribution in [1.29, 1.82) is 0 Å². The molecule has 0 radical (unpaired) electrons. The SMILES string of the molecule is Nc1nc2cc(Br)c(F)cc2[nH]1. The van der Waals surface area contributed by atoms with Gasteiger partial charge in [0.15, 0.2) is 5.95 Å². The molecule has 0 amide bonds. The highest BCUT2D eigenvalue weighted by Crippen LogP contribution is 2.21. The summed E-state index contributed by atoms with van der Waals surface area (Å²) in [5, 5.41) is 0. The molecule has 0 fully saturated rings. The maximum absolute atomic E-state index is 12.9. The molecule has 0 unspecified atom stereocenters. The Labute approximate surface area is 75.9 Å². The number of hydrogen-bond acceptors (Lipinski definition) is 2. The number of nitrogen functional groups attached to an aromatic ring is 1. The average molecular weight is 230 g/mol. The van der Waals surface area contributed by atoms with Gasteiger partial charge < -0.3 is 10.7 Å². The van der Waals surface area contributed by atoms with Crippen LogP contribution in [0, 0.1) is 5.82 Å². The summed E-state index contributed by atoms with van der Waals surface area (Å²) in [6.45, 7) is 0. The van der Waals surface area contributed by atoms with E-state index in [1.54, 1.807) is 6.07 Å². The van der Waals surface area contributed by atoms with Crippen LogP contribution < -0.4 is 5.73 Å². The van der Waals surface area contributed by atoms with E-state index in [2.05, 4.69) is 25.9 Å². The van der Waals surface area contributed by atoms with Gasteiger partial charge in [-0.1, -0.05) is 0 Å². The zero-order chi connectivity index (χ0) is 8.72. The first kappa shape index (κ1) is 7.54. The van der Waals surface area contributed by atoms with Gasteiger partial charge >= 0.3 is 0 Å². The summed E-state index contributed by atoms with van der Waals surface area (Å²) < 4.78 is 13.3. The smallest absolute Gasteiger partial charge is 0.198 e. The molecule has 0 saturated heterocycles. The molecule has 2 rings (SSSR count). The Morgan fingerprint density at radius 2 is 2.25 bits per heavy atom. The van der Waals surface area contributed by atoms with Gasteiger partial charge in [0.05, 0.1) is 15.5 Å². The summed E-state index contributed by atoms with van der Waals surface area (Å²) in [5.74, 6) is -0.0337. The monoisotopic (exact) mass is 229 g/mol. The first-order valence-corrected chi connectivity index (χ1v) is 4.06. The van der Waals surface area contributed by atoms with Crippen LogP contribution in [0.1, 0.15) is 0 Å². The van der Waals surface area contributed by atoms with E-state index in [4.69, 9.17) is 5.73 Å². The third kappa shape index (κ3) is 1.06. The molecule has 0 spiro atoms. The molecular formula is C7H5BrFN3. The fourth-order valence-electron chi connectivity index (χ4n) is 1.02. The van der Waals surface area contributed by atoms with E-state index in [9.17, 15) is 4.39 Å². The van der Waals surface area contributed by atoms with Crippen LogP contribution in [0.15, 0.2) is 16.6 Å². The number of aromatic amines is 1. The molecule has 0 bridgehead atoms. The molecule has 0 aliphatic carbocycles. The molecule has 12 heavy (non-hydrogen) atoms. The minimum absolute atomic E-state index is 0.294. The van der Waals surface area contributed by atoms with E-state index in [0.29, 0.717) is 21.5 Å². The van der Waals surface area contributed by atoms with Gasteiger partial charge in [0, 0.05) is 6.07 Å². The molecule has 1 aromatic heterocycles. The zero-order valence-corrected chi connectivity index (χ0v) is 7.52. The fraction of sp³-hybridized carbons (Fsp3) is 0. The number of nitrogens with zero attached hydrogens (tertiary/aromatic N) is 1. The average Bonchev–Trinajstić information content (AvgIpc) is 2.30. The molecule has 0 aliphatic rings. The van der Waals surface area contributed by atoms with Crippen LogP contribution in [0.5, 0.6) is 0 Å². The Kier molecular flexibility index (Phi) is 1.54. The lowest BCUT2D eigenvalue weighted by Gasteiger charge is -1.91. The second kappa shape index (κ2) is 2.45. The highest BCUT2D eigenvalue weighted by Gasteiger charge is 2.04. The van der Waals surface area contributed by atoms with E-state index in [0.717, 1.165) is 0 Å². The van der Waals surface area contributed by atoms with Crippen LogP contribution >= 0.6 is 15.9 Å². The topological polar surface area (TPSA) is 54.7 Å². The van der Waals surface area contributed by atoms with Crippen molar-refractivity contribution in [2.75, 3.05) is 5.73 Å². The molecule has 0 saturated carbocycles. The molecule has 3 N–H and O–H groups in total. The summed E-state index contributed by atoms with van der Waals surface area (Å²) in [4.78, 5) is 6.67. The lowest BCUT2D eigenvalue weighted by Crippen LogP contribution is -1.84. The standard InChI is InChI=1S/C7H5BrFN3/c8-3-1-5-6(2-4(3)9)12-7(10)11-5/h1-2H,(H3,10,11,12). The van der Waals surface area contributed by atoms with Crippen molar-refractivity contribution in [3.05, 3.63) is 22.4 Å². The number of rotatable bonds is 0. The molecular weight excluding hydrogens is 225 g/mol.